The van der Waals surface area contributed by atoms with Gasteiger partial charge in [0.2, 0.25) is 6.10 Å². The van der Waals surface area contributed by atoms with Crippen molar-refractivity contribution < 1.29 is 19.4 Å². The fraction of sp³-hybridized carbons (Fsp3) is 0.231. The predicted molar refractivity (Wildman–Crippen MR) is 68.1 cm³/mol. The van der Waals surface area contributed by atoms with Gasteiger partial charge in [-0.2, -0.15) is 0 Å². The molecule has 0 spiro atoms. The highest BCUT2D eigenvalue weighted by molar-refractivity contribution is 5.95. The minimum Gasteiger partial charge on any atom is -0.478 e. The van der Waals surface area contributed by atoms with E-state index in [4.69, 9.17) is 16.3 Å². The second-order valence-electron chi connectivity index (χ2n) is 3.89. The number of benzene rings is 1. The lowest BCUT2D eigenvalue weighted by Crippen LogP contribution is -2.50. The Hall–Kier alpha value is -2.68. The zero-order valence-electron chi connectivity index (χ0n) is 10.00. The predicted octanol–water partition coefficient (Wildman–Crippen LogP) is 0.681. The minimum atomic E-state index is -1.12. The van der Waals surface area contributed by atoms with E-state index in [0.717, 1.165) is 0 Å². The molecule has 2 rings (SSSR count). The number of carboxylic acid groups (broad SMARTS) is 1. The van der Waals surface area contributed by atoms with Crippen molar-refractivity contribution in [3.63, 3.8) is 0 Å². The number of aliphatic carboxylic acids is 1. The first kappa shape index (κ1) is 12.8. The van der Waals surface area contributed by atoms with Crippen molar-refractivity contribution in [2.24, 2.45) is 0 Å². The molecular formula is C13H12N2O4. The maximum Gasteiger partial charge on any atom is 0.346 e. The molecule has 1 unspecified atom stereocenters. The number of terminal acetylenes is 1. The van der Waals surface area contributed by atoms with Crippen LogP contribution in [-0.2, 0) is 4.79 Å². The lowest BCUT2D eigenvalue weighted by atomic mass is 10.2. The lowest BCUT2D eigenvalue weighted by molar-refractivity contribution is -0.144. The first-order chi connectivity index (χ1) is 9.13. The van der Waals surface area contributed by atoms with Crippen LogP contribution in [0.5, 0.6) is 5.75 Å². The second kappa shape index (κ2) is 5.31. The molecule has 1 aromatic rings. The number of nitrogens with one attached hydrogen (secondary N) is 1. The van der Waals surface area contributed by atoms with Gasteiger partial charge in [0.05, 0.1) is 18.8 Å². The van der Waals surface area contributed by atoms with E-state index in [0.29, 0.717) is 11.4 Å². The summed E-state index contributed by atoms with van der Waals surface area (Å²) >= 11 is 0. The van der Waals surface area contributed by atoms with Crippen molar-refractivity contribution in [2.75, 3.05) is 18.0 Å². The van der Waals surface area contributed by atoms with Gasteiger partial charge in [0.1, 0.15) is 5.75 Å². The van der Waals surface area contributed by atoms with Crippen molar-refractivity contribution in [3.8, 4) is 18.1 Å². The number of carbonyl (C=O) groups excluding carboxylic acids is 1. The molecule has 1 aliphatic rings. The molecule has 1 atom stereocenters. The number of urea groups is 1. The molecule has 1 heterocycles. The molecule has 0 radical (unpaired) electrons. The summed E-state index contributed by atoms with van der Waals surface area (Å²) in [6.07, 6.45) is 3.98. The summed E-state index contributed by atoms with van der Waals surface area (Å²) in [6.45, 7) is 0.0127. The number of nitrogens with zero attached hydrogens (tertiary/aromatic N) is 1. The Morgan fingerprint density at radius 1 is 1.53 bits per heavy atom. The number of carbonyl (C=O) groups is 2. The Morgan fingerprint density at radius 2 is 2.26 bits per heavy atom. The number of carboxylic acids is 1. The maximum atomic E-state index is 12.0. The SMILES string of the molecule is C#CCNC(=O)N1CC(C(=O)O)Oc2ccccc21. The normalized spacial score (nSPS) is 16.8. The smallest absolute Gasteiger partial charge is 0.346 e. The number of hydrogen-bond acceptors (Lipinski definition) is 3. The molecule has 98 valence electrons. The van der Waals surface area contributed by atoms with E-state index in [1.807, 2.05) is 0 Å². The molecule has 6 nitrogen and oxygen atoms in total. The second-order valence-corrected chi connectivity index (χ2v) is 3.89. The van der Waals surface area contributed by atoms with E-state index in [1.165, 1.54) is 4.90 Å². The van der Waals surface area contributed by atoms with Gasteiger partial charge in [0.15, 0.2) is 0 Å². The number of hydrogen-bond donors (Lipinski definition) is 2. The van der Waals surface area contributed by atoms with Crippen molar-refractivity contribution in [3.05, 3.63) is 24.3 Å². The molecule has 6 heteroatoms. The van der Waals surface area contributed by atoms with Crippen LogP contribution in [0.1, 0.15) is 0 Å². The summed E-state index contributed by atoms with van der Waals surface area (Å²) in [6, 6.07) is 6.31. The molecule has 0 bridgehead atoms. The van der Waals surface area contributed by atoms with Gasteiger partial charge in [-0.25, -0.2) is 9.59 Å². The van der Waals surface area contributed by atoms with Crippen LogP contribution in [0.3, 0.4) is 0 Å². The highest BCUT2D eigenvalue weighted by atomic mass is 16.5. The highest BCUT2D eigenvalue weighted by Gasteiger charge is 2.33. The largest absolute Gasteiger partial charge is 0.478 e. The standard InChI is InChI=1S/C13H12N2O4/c1-2-7-14-13(18)15-8-11(12(16)17)19-10-6-4-3-5-9(10)15/h1,3-6,11H,7-8H2,(H,14,18)(H,16,17). The van der Waals surface area contributed by atoms with E-state index in [-0.39, 0.29) is 13.1 Å². The first-order valence-electron chi connectivity index (χ1n) is 5.61. The molecule has 0 saturated carbocycles. The Balaban J connectivity index is 2.29. The third-order valence-corrected chi connectivity index (χ3v) is 2.64. The van der Waals surface area contributed by atoms with E-state index in [1.54, 1.807) is 24.3 Å². The van der Waals surface area contributed by atoms with Crippen molar-refractivity contribution >= 4 is 17.7 Å². The van der Waals surface area contributed by atoms with Gasteiger partial charge in [-0.3, -0.25) is 4.90 Å². The van der Waals surface area contributed by atoms with Gasteiger partial charge in [-0.05, 0) is 12.1 Å². The number of para-hydroxylation sites is 2. The number of ether oxygens (including phenoxy) is 1. The van der Waals surface area contributed by atoms with Crippen LogP contribution in [-0.4, -0.2) is 36.3 Å². The first-order valence-corrected chi connectivity index (χ1v) is 5.61. The van der Waals surface area contributed by atoms with Crippen LogP contribution in [0.4, 0.5) is 10.5 Å². The summed E-state index contributed by atoms with van der Waals surface area (Å²) in [5, 5.41) is 11.5. The molecule has 1 aromatic carbocycles. The summed E-state index contributed by atoms with van der Waals surface area (Å²) in [5.74, 6) is 1.53. The molecule has 2 N–H and O–H groups in total. The van der Waals surface area contributed by atoms with E-state index in [9.17, 15) is 9.59 Å². The van der Waals surface area contributed by atoms with Gasteiger partial charge in [0.25, 0.3) is 0 Å². The fourth-order valence-electron chi connectivity index (χ4n) is 1.78. The Morgan fingerprint density at radius 3 is 2.95 bits per heavy atom. The van der Waals surface area contributed by atoms with Crippen LogP contribution in [0, 0.1) is 12.3 Å². The zero-order valence-corrected chi connectivity index (χ0v) is 10.00. The zero-order chi connectivity index (χ0) is 13.8. The number of rotatable bonds is 2. The van der Waals surface area contributed by atoms with Crippen LogP contribution >= 0.6 is 0 Å². The summed E-state index contributed by atoms with van der Waals surface area (Å²) < 4.78 is 5.32. The van der Waals surface area contributed by atoms with Crippen LogP contribution < -0.4 is 15.0 Å². The molecule has 1 aliphatic heterocycles. The van der Waals surface area contributed by atoms with Gasteiger partial charge in [0, 0.05) is 0 Å². The summed E-state index contributed by atoms with van der Waals surface area (Å²) in [4.78, 5) is 24.3. The maximum absolute atomic E-state index is 12.0. The molecule has 0 saturated heterocycles. The monoisotopic (exact) mass is 260 g/mol. The van der Waals surface area contributed by atoms with Gasteiger partial charge in [-0.15, -0.1) is 6.42 Å². The number of fused-ring (bicyclic) bond motifs is 1. The Kier molecular flexibility index (Phi) is 3.57. The third-order valence-electron chi connectivity index (χ3n) is 2.64. The van der Waals surface area contributed by atoms with Crippen molar-refractivity contribution in [1.29, 1.82) is 0 Å². The molecule has 0 aliphatic carbocycles. The number of amides is 2. The fourth-order valence-corrected chi connectivity index (χ4v) is 1.78. The van der Waals surface area contributed by atoms with Gasteiger partial charge < -0.3 is 15.2 Å². The lowest BCUT2D eigenvalue weighted by Gasteiger charge is -2.32. The number of anilines is 1. The molecular weight excluding hydrogens is 248 g/mol. The average Bonchev–Trinajstić information content (AvgIpc) is 2.43. The quantitative estimate of drug-likeness (QED) is 0.766. The van der Waals surface area contributed by atoms with Gasteiger partial charge >= 0.3 is 12.0 Å². The minimum absolute atomic E-state index is 0.0667. The van der Waals surface area contributed by atoms with Crippen LogP contribution in [0.25, 0.3) is 0 Å². The molecule has 0 fully saturated rings. The third kappa shape index (κ3) is 2.60. The van der Waals surface area contributed by atoms with Crippen LogP contribution in [0.15, 0.2) is 24.3 Å². The van der Waals surface area contributed by atoms with E-state index >= 15 is 0 Å². The van der Waals surface area contributed by atoms with E-state index in [2.05, 4.69) is 11.2 Å². The summed E-state index contributed by atoms with van der Waals surface area (Å²) in [7, 11) is 0. The van der Waals surface area contributed by atoms with Crippen molar-refractivity contribution in [2.45, 2.75) is 6.10 Å². The molecule has 0 aromatic heterocycles. The van der Waals surface area contributed by atoms with Crippen molar-refractivity contribution in [1.82, 2.24) is 5.32 Å². The van der Waals surface area contributed by atoms with Crippen LogP contribution in [0.2, 0.25) is 0 Å². The molecule has 19 heavy (non-hydrogen) atoms. The Labute approximate surface area is 110 Å². The topological polar surface area (TPSA) is 78.9 Å². The van der Waals surface area contributed by atoms with E-state index < -0.39 is 18.1 Å². The highest BCUT2D eigenvalue weighted by Crippen LogP contribution is 2.33. The summed E-state index contributed by atoms with van der Waals surface area (Å²) in [5.41, 5.74) is 0.523. The van der Waals surface area contributed by atoms with Gasteiger partial charge in [-0.1, -0.05) is 18.1 Å². The molecule has 2 amide bonds. The average molecular weight is 260 g/mol. The Bertz CT molecular complexity index is 550.